The van der Waals surface area contributed by atoms with Crippen molar-refractivity contribution < 1.29 is 116 Å². The van der Waals surface area contributed by atoms with Gasteiger partial charge in [0.05, 0.1) is 44.5 Å². The maximum atomic E-state index is 14.4. The second kappa shape index (κ2) is 18.6. The fourth-order valence-corrected chi connectivity index (χ4v) is 15.1. The van der Waals surface area contributed by atoms with E-state index in [1.807, 2.05) is 0 Å². The average molecular weight is 1160 g/mol. The van der Waals surface area contributed by atoms with Gasteiger partial charge in [-0.25, -0.2) is 0 Å². The van der Waals surface area contributed by atoms with E-state index in [1.54, 1.807) is 0 Å². The minimum Gasteiger partial charge on any atom is -0.508 e. The lowest BCUT2D eigenvalue weighted by atomic mass is 9.76. The third-order valence-electron chi connectivity index (χ3n) is 12.9. The third kappa shape index (κ3) is 11.0. The van der Waals surface area contributed by atoms with E-state index in [-0.39, 0.29) is 83.9 Å². The van der Waals surface area contributed by atoms with Gasteiger partial charge in [-0.3, -0.25) is 0 Å². The van der Waals surface area contributed by atoms with Gasteiger partial charge in [0.1, 0.15) is 11.5 Å². The molecular formula is C49H26F24O2P2. The van der Waals surface area contributed by atoms with Crippen LogP contribution in [0.1, 0.15) is 79.6 Å². The molecular weight excluding hydrogens is 1140 g/mol. The highest BCUT2D eigenvalue weighted by Crippen LogP contribution is 2.60. The molecule has 0 atom stereocenters. The Balaban J connectivity index is 1.44. The van der Waals surface area contributed by atoms with Crippen LogP contribution in [0.3, 0.4) is 0 Å². The van der Waals surface area contributed by atoms with Gasteiger partial charge in [0.2, 0.25) is 0 Å². The molecule has 2 N–H and O–H groups in total. The zero-order valence-electron chi connectivity index (χ0n) is 37.4. The van der Waals surface area contributed by atoms with Crippen LogP contribution in [-0.2, 0) is 67.7 Å². The highest BCUT2D eigenvalue weighted by Gasteiger charge is 2.52. The maximum Gasteiger partial charge on any atom is 0.416 e. The Kier molecular flexibility index (Phi) is 13.8. The summed E-state index contributed by atoms with van der Waals surface area (Å²) in [6, 6.07) is 1.94. The highest BCUT2D eigenvalue weighted by atomic mass is 31.1. The monoisotopic (exact) mass is 1160 g/mol. The molecule has 2 aliphatic rings. The molecule has 6 aromatic rings. The van der Waals surface area contributed by atoms with Crippen LogP contribution in [0.5, 0.6) is 11.5 Å². The van der Waals surface area contributed by atoms with E-state index in [0.29, 0.717) is 12.1 Å². The van der Waals surface area contributed by atoms with Crippen LogP contribution in [0.4, 0.5) is 105 Å². The van der Waals surface area contributed by atoms with Crippen LogP contribution >= 0.6 is 15.8 Å². The Hall–Kier alpha value is -5.90. The largest absolute Gasteiger partial charge is 0.508 e. The summed E-state index contributed by atoms with van der Waals surface area (Å²) in [4.78, 5) is 0. The Labute approximate surface area is 418 Å². The van der Waals surface area contributed by atoms with E-state index in [0.717, 1.165) is 12.1 Å². The number of halogens is 24. The first kappa shape index (κ1) is 57.3. The molecule has 412 valence electrons. The number of phenolic OH excluding ortho intramolecular Hbond substituents is 2. The quantitative estimate of drug-likeness (QED) is 0.129. The Morgan fingerprint density at radius 1 is 0.299 bits per heavy atom. The minimum atomic E-state index is -5.64. The van der Waals surface area contributed by atoms with Gasteiger partial charge < -0.3 is 10.2 Å². The lowest BCUT2D eigenvalue weighted by Gasteiger charge is -2.31. The summed E-state index contributed by atoms with van der Waals surface area (Å²) in [5.41, 5.74) is -20.1. The van der Waals surface area contributed by atoms with Gasteiger partial charge in [0.25, 0.3) is 0 Å². The summed E-state index contributed by atoms with van der Waals surface area (Å²) in [6.45, 7) is 0. The van der Waals surface area contributed by atoms with Gasteiger partial charge in [-0.15, -0.1) is 0 Å². The van der Waals surface area contributed by atoms with Gasteiger partial charge in [-0.2, -0.15) is 105 Å². The molecule has 0 saturated heterocycles. The summed E-state index contributed by atoms with van der Waals surface area (Å²) in [5, 5.41) is 17.7. The van der Waals surface area contributed by atoms with Crippen LogP contribution in [0.15, 0.2) is 97.1 Å². The number of benzene rings is 6. The van der Waals surface area contributed by atoms with E-state index < -0.39 is 195 Å². The predicted molar refractivity (Wildman–Crippen MR) is 231 cm³/mol. The van der Waals surface area contributed by atoms with Crippen LogP contribution in [0.2, 0.25) is 0 Å². The molecule has 0 aliphatic heterocycles. The zero-order chi connectivity index (χ0) is 57.3. The smallest absolute Gasteiger partial charge is 0.416 e. The Bertz CT molecular complexity index is 2800. The average Bonchev–Trinajstić information content (AvgIpc) is 3.89. The van der Waals surface area contributed by atoms with Crippen LogP contribution in [-0.4, -0.2) is 10.2 Å². The van der Waals surface area contributed by atoms with Crippen molar-refractivity contribution in [3.8, 4) is 11.5 Å². The SMILES string of the molecule is Oc1ccc(P(c2cc(C(F)(F)F)cc(C(F)(F)F)c2)c2cc(C(F)(F)F)cc(C(F)(F)F)c2)c2c1C1(CC2)CCc2c(P(c3cc(C(F)(F)F)cc(C(F)(F)F)c3)c3cc(C(F)(F)F)cc(C(F)(F)F)c3)ccc(O)c21. The number of alkyl halides is 24. The van der Waals surface area contributed by atoms with Crippen LogP contribution < -0.4 is 31.8 Å². The molecule has 1 spiro atoms. The molecule has 6 aromatic carbocycles. The van der Waals surface area contributed by atoms with E-state index in [2.05, 4.69) is 0 Å². The molecule has 0 heterocycles. The summed E-state index contributed by atoms with van der Waals surface area (Å²) < 4.78 is 345. The molecule has 28 heteroatoms. The number of hydrogen-bond acceptors (Lipinski definition) is 2. The van der Waals surface area contributed by atoms with Crippen molar-refractivity contribution in [3.05, 3.63) is 164 Å². The minimum absolute atomic E-state index is 0.0552. The van der Waals surface area contributed by atoms with Crippen molar-refractivity contribution in [1.82, 2.24) is 0 Å². The number of fused-ring (bicyclic) bond motifs is 4. The summed E-state index contributed by atoms with van der Waals surface area (Å²) in [7, 11) is -6.97. The van der Waals surface area contributed by atoms with Crippen molar-refractivity contribution in [2.24, 2.45) is 0 Å². The number of hydrogen-bond donors (Lipinski definition) is 2. The van der Waals surface area contributed by atoms with E-state index >= 15 is 0 Å². The van der Waals surface area contributed by atoms with Gasteiger partial charge in [-0.05, 0) is 182 Å². The molecule has 0 bridgehead atoms. The second-order valence-electron chi connectivity index (χ2n) is 17.7. The van der Waals surface area contributed by atoms with Crippen LogP contribution in [0, 0.1) is 0 Å². The van der Waals surface area contributed by atoms with E-state index in [4.69, 9.17) is 0 Å². The number of aromatic hydroxyl groups is 2. The predicted octanol–water partition coefficient (Wildman–Crippen LogP) is 14.9. The van der Waals surface area contributed by atoms with Gasteiger partial charge in [0.15, 0.2) is 0 Å². The number of rotatable bonds is 6. The van der Waals surface area contributed by atoms with Gasteiger partial charge in [0, 0.05) is 16.5 Å². The molecule has 8 rings (SSSR count). The first-order chi connectivity index (χ1) is 35.0. The maximum absolute atomic E-state index is 14.4. The first-order valence-corrected chi connectivity index (χ1v) is 24.2. The van der Waals surface area contributed by atoms with E-state index in [9.17, 15) is 116 Å². The van der Waals surface area contributed by atoms with Crippen molar-refractivity contribution in [3.63, 3.8) is 0 Å². The molecule has 0 radical (unpaired) electrons. The molecule has 0 unspecified atom stereocenters. The zero-order valence-corrected chi connectivity index (χ0v) is 39.2. The van der Waals surface area contributed by atoms with Crippen molar-refractivity contribution in [2.45, 2.75) is 80.5 Å². The normalized spacial score (nSPS) is 15.5. The lowest BCUT2D eigenvalue weighted by molar-refractivity contribution is -0.144. The molecule has 0 saturated carbocycles. The molecule has 0 fully saturated rings. The van der Waals surface area contributed by atoms with Gasteiger partial charge in [-0.1, -0.05) is 0 Å². The van der Waals surface area contributed by atoms with Crippen molar-refractivity contribution in [2.75, 3.05) is 0 Å². The molecule has 2 nitrogen and oxygen atoms in total. The summed E-state index contributed by atoms with van der Waals surface area (Å²) >= 11 is 0. The second-order valence-corrected chi connectivity index (χ2v) is 22.1. The molecule has 2 aliphatic carbocycles. The molecule has 0 amide bonds. The first-order valence-electron chi connectivity index (χ1n) is 21.5. The topological polar surface area (TPSA) is 40.5 Å². The van der Waals surface area contributed by atoms with Crippen LogP contribution in [0.25, 0.3) is 0 Å². The van der Waals surface area contributed by atoms with Gasteiger partial charge >= 0.3 is 49.4 Å². The fraction of sp³-hybridized carbons (Fsp3) is 0.265. The Morgan fingerprint density at radius 2 is 0.494 bits per heavy atom. The summed E-state index contributed by atoms with van der Waals surface area (Å²) in [6.07, 6.45) is -47.2. The fourth-order valence-electron chi connectivity index (χ4n) is 9.79. The Morgan fingerprint density at radius 3 is 0.675 bits per heavy atom. The standard InChI is InChI=1S/C49H26F24O2P2/c50-42(51,52)21-9-22(43(53,54)55)14-29(13-21)76(30-15-23(44(56,57)58)10-24(16-30)45(59,60)61)37-3-1-35(74)39-33(37)5-7-41(39)8-6-34-38(4-2-36(75)40(34)41)77(31-17-25(46(62,63)64)11-26(18-31)47(65,66)67)32-19-27(48(68,69)70)12-28(20-32)49(71,72)73/h1-4,9-20,74-75H,5-8H2. The summed E-state index contributed by atoms with van der Waals surface area (Å²) in [5.74, 6) is -1.73. The van der Waals surface area contributed by atoms with Crippen molar-refractivity contribution >= 4 is 47.7 Å². The molecule has 0 aromatic heterocycles. The highest BCUT2D eigenvalue weighted by molar-refractivity contribution is 7.80. The van der Waals surface area contributed by atoms with Crippen molar-refractivity contribution in [1.29, 1.82) is 0 Å². The number of phenols is 2. The van der Waals surface area contributed by atoms with E-state index in [1.165, 1.54) is 0 Å². The molecule has 77 heavy (non-hydrogen) atoms. The lowest BCUT2D eigenvalue weighted by Crippen LogP contribution is -2.29. The third-order valence-corrected chi connectivity index (χ3v) is 17.8.